The lowest BCUT2D eigenvalue weighted by Crippen LogP contribution is -2.25. The highest BCUT2D eigenvalue weighted by molar-refractivity contribution is 6.02. The Morgan fingerprint density at radius 1 is 0.971 bits per heavy atom. The quantitative estimate of drug-likeness (QED) is 0.294. The highest BCUT2D eigenvalue weighted by Crippen LogP contribution is 2.31. The van der Waals surface area contributed by atoms with Crippen LogP contribution in [-0.2, 0) is 9.53 Å². The summed E-state index contributed by atoms with van der Waals surface area (Å²) in [6, 6.07) is 15.7. The summed E-state index contributed by atoms with van der Waals surface area (Å²) in [7, 11) is 3.03. The maximum atomic E-state index is 12.7. The van der Waals surface area contributed by atoms with E-state index in [-0.39, 0.29) is 11.7 Å². The van der Waals surface area contributed by atoms with Crippen LogP contribution in [0.3, 0.4) is 0 Å². The average Bonchev–Trinajstić information content (AvgIpc) is 3.14. The van der Waals surface area contributed by atoms with Gasteiger partial charge in [0, 0.05) is 34.2 Å². The van der Waals surface area contributed by atoms with Crippen molar-refractivity contribution in [2.75, 3.05) is 26.3 Å². The number of hydrogen-bond donors (Lipinski definition) is 1. The predicted octanol–water partition coefficient (Wildman–Crippen LogP) is 3.95. The first-order valence-corrected chi connectivity index (χ1v) is 10.5. The number of nitrogens with one attached hydrogen (secondary N) is 1. The third-order valence-corrected chi connectivity index (χ3v) is 5.16. The second-order valence-electron chi connectivity index (χ2n) is 7.37. The minimum absolute atomic E-state index is 0.300. The Balaban J connectivity index is 1.64. The van der Waals surface area contributed by atoms with Crippen LogP contribution in [0.2, 0.25) is 0 Å². The number of Topliss-reactive ketones (excluding diaryl/α,β-unsaturated/α-hetero) is 1. The van der Waals surface area contributed by atoms with E-state index in [4.69, 9.17) is 14.2 Å². The number of benzene rings is 2. The topological polar surface area (TPSA) is 95.9 Å². The smallest absolute Gasteiger partial charge is 0.331 e. The third-order valence-electron chi connectivity index (χ3n) is 5.16. The van der Waals surface area contributed by atoms with Gasteiger partial charge in [-0.2, -0.15) is 0 Å². The number of para-hydroxylation sites is 1. The van der Waals surface area contributed by atoms with Crippen molar-refractivity contribution in [3.63, 3.8) is 0 Å². The molecule has 0 atom stereocenters. The molecule has 176 valence electrons. The number of methoxy groups -OCH3 is 2. The first kappa shape index (κ1) is 24.3. The van der Waals surface area contributed by atoms with Gasteiger partial charge in [-0.25, -0.2) is 4.79 Å². The van der Waals surface area contributed by atoms with Gasteiger partial charge in [0.2, 0.25) is 5.78 Å². The molecule has 3 rings (SSSR count). The van der Waals surface area contributed by atoms with E-state index in [1.165, 1.54) is 26.4 Å². The second-order valence-corrected chi connectivity index (χ2v) is 7.37. The van der Waals surface area contributed by atoms with Crippen molar-refractivity contribution in [2.45, 2.75) is 13.8 Å². The van der Waals surface area contributed by atoms with E-state index in [1.54, 1.807) is 67.1 Å². The molecule has 0 aliphatic heterocycles. The molecule has 0 radical (unpaired) electrons. The van der Waals surface area contributed by atoms with E-state index in [0.29, 0.717) is 39.6 Å². The molecule has 0 unspecified atom stereocenters. The van der Waals surface area contributed by atoms with Gasteiger partial charge in [-0.15, -0.1) is 0 Å². The summed E-state index contributed by atoms with van der Waals surface area (Å²) >= 11 is 0. The zero-order valence-corrected chi connectivity index (χ0v) is 19.5. The molecule has 0 fully saturated rings. The van der Waals surface area contributed by atoms with Crippen LogP contribution < -0.4 is 14.9 Å². The molecular formula is C26H26N2O6. The Bertz CT molecular complexity index is 1230. The van der Waals surface area contributed by atoms with Crippen molar-refractivity contribution in [1.82, 2.24) is 4.68 Å². The number of carbonyl (C=O) groups excluding carboxylic acids is 3. The molecule has 0 spiro atoms. The Morgan fingerprint density at radius 3 is 2.38 bits per heavy atom. The van der Waals surface area contributed by atoms with Crippen LogP contribution >= 0.6 is 0 Å². The highest BCUT2D eigenvalue weighted by atomic mass is 16.5. The van der Waals surface area contributed by atoms with E-state index in [2.05, 4.69) is 5.43 Å². The minimum Gasteiger partial charge on any atom is -0.493 e. The fourth-order valence-electron chi connectivity index (χ4n) is 3.44. The number of nitrogens with zero attached hydrogens (tertiary/aromatic N) is 1. The number of hydrogen-bond acceptors (Lipinski definition) is 6. The molecule has 1 amide bonds. The van der Waals surface area contributed by atoms with E-state index in [1.807, 2.05) is 6.07 Å². The van der Waals surface area contributed by atoms with Gasteiger partial charge < -0.3 is 14.2 Å². The Kier molecular flexibility index (Phi) is 7.87. The molecule has 8 nitrogen and oxygen atoms in total. The summed E-state index contributed by atoms with van der Waals surface area (Å²) < 4.78 is 17.2. The van der Waals surface area contributed by atoms with Crippen molar-refractivity contribution < 1.29 is 28.6 Å². The molecule has 0 aliphatic rings. The summed E-state index contributed by atoms with van der Waals surface area (Å²) in [5.41, 5.74) is 5.47. The molecular weight excluding hydrogens is 436 g/mol. The monoisotopic (exact) mass is 462 g/mol. The number of aromatic nitrogens is 1. The van der Waals surface area contributed by atoms with Gasteiger partial charge in [0.15, 0.2) is 18.1 Å². The van der Waals surface area contributed by atoms with Crippen molar-refractivity contribution in [3.8, 4) is 11.5 Å². The van der Waals surface area contributed by atoms with Gasteiger partial charge in [0.1, 0.15) is 0 Å². The number of ether oxygens (including phenoxy) is 3. The fourth-order valence-corrected chi connectivity index (χ4v) is 3.44. The van der Waals surface area contributed by atoms with Gasteiger partial charge in [-0.1, -0.05) is 30.3 Å². The number of rotatable bonds is 9. The second kappa shape index (κ2) is 11.0. The molecule has 2 aromatic carbocycles. The number of carbonyl (C=O) groups is 3. The zero-order valence-electron chi connectivity index (χ0n) is 19.5. The van der Waals surface area contributed by atoms with Crippen LogP contribution in [0.15, 0.2) is 60.7 Å². The summed E-state index contributed by atoms with van der Waals surface area (Å²) in [6.07, 6.45) is 2.74. The number of esters is 1. The van der Waals surface area contributed by atoms with E-state index >= 15 is 0 Å². The number of aryl methyl sites for hydroxylation is 1. The minimum atomic E-state index is -0.676. The molecule has 8 heteroatoms. The average molecular weight is 463 g/mol. The Hall–Kier alpha value is -4.33. The molecule has 0 aliphatic carbocycles. The van der Waals surface area contributed by atoms with E-state index in [0.717, 1.165) is 0 Å². The maximum absolute atomic E-state index is 12.7. The van der Waals surface area contributed by atoms with Crippen molar-refractivity contribution in [2.24, 2.45) is 0 Å². The first-order valence-electron chi connectivity index (χ1n) is 10.5. The molecule has 0 saturated carbocycles. The Labute approximate surface area is 197 Å². The van der Waals surface area contributed by atoms with Gasteiger partial charge in [0.05, 0.1) is 14.2 Å². The van der Waals surface area contributed by atoms with Gasteiger partial charge >= 0.3 is 5.97 Å². The summed E-state index contributed by atoms with van der Waals surface area (Å²) in [6.45, 7) is 3.04. The highest BCUT2D eigenvalue weighted by Gasteiger charge is 2.18. The third kappa shape index (κ3) is 5.53. The molecule has 1 heterocycles. The van der Waals surface area contributed by atoms with Crippen LogP contribution in [0.5, 0.6) is 11.5 Å². The Morgan fingerprint density at radius 2 is 1.71 bits per heavy atom. The lowest BCUT2D eigenvalue weighted by molar-refractivity contribution is -0.136. The van der Waals surface area contributed by atoms with Crippen LogP contribution in [0.4, 0.5) is 0 Å². The van der Waals surface area contributed by atoms with Gasteiger partial charge in [0.25, 0.3) is 5.91 Å². The number of ketones is 1. The van der Waals surface area contributed by atoms with Crippen LogP contribution in [-0.4, -0.2) is 43.2 Å². The lowest BCUT2D eigenvalue weighted by Gasteiger charge is -2.11. The molecule has 1 aromatic heterocycles. The van der Waals surface area contributed by atoms with Crippen LogP contribution in [0, 0.1) is 13.8 Å². The summed E-state index contributed by atoms with van der Waals surface area (Å²) in [5.74, 6) is -0.345. The molecule has 3 aromatic rings. The molecule has 34 heavy (non-hydrogen) atoms. The summed E-state index contributed by atoms with van der Waals surface area (Å²) in [4.78, 5) is 37.3. The molecule has 1 N–H and O–H groups in total. The summed E-state index contributed by atoms with van der Waals surface area (Å²) in [5, 5.41) is 0. The SMILES string of the molecule is COc1cccc(/C=C/C(=O)OCC(=O)c2cc(C)n(NC(=O)c3ccccc3)c2C)c1OC. The molecule has 0 bridgehead atoms. The van der Waals surface area contributed by atoms with E-state index < -0.39 is 12.6 Å². The largest absolute Gasteiger partial charge is 0.493 e. The normalized spacial score (nSPS) is 10.7. The van der Waals surface area contributed by atoms with Gasteiger partial charge in [-0.05, 0) is 44.2 Å². The van der Waals surface area contributed by atoms with Gasteiger partial charge in [-0.3, -0.25) is 19.7 Å². The number of amides is 1. The fraction of sp³-hybridized carbons (Fsp3) is 0.192. The zero-order chi connectivity index (χ0) is 24.7. The maximum Gasteiger partial charge on any atom is 0.331 e. The van der Waals surface area contributed by atoms with Crippen molar-refractivity contribution >= 4 is 23.7 Å². The first-order chi connectivity index (χ1) is 16.3. The lowest BCUT2D eigenvalue weighted by atomic mass is 10.1. The standard InChI is InChI=1S/C26H26N2O6/c1-17-15-21(18(2)28(17)27-26(31)20-9-6-5-7-10-20)22(29)16-34-24(30)14-13-19-11-8-12-23(32-3)25(19)33-4/h5-15H,16H2,1-4H3,(H,27,31)/b14-13+. The van der Waals surface area contributed by atoms with Crippen LogP contribution in [0.25, 0.3) is 6.08 Å². The van der Waals surface area contributed by atoms with Crippen molar-refractivity contribution in [3.05, 3.63) is 88.8 Å². The molecule has 0 saturated heterocycles. The van der Waals surface area contributed by atoms with E-state index in [9.17, 15) is 14.4 Å². The predicted molar refractivity (Wildman–Crippen MR) is 128 cm³/mol. The van der Waals surface area contributed by atoms with Crippen molar-refractivity contribution in [1.29, 1.82) is 0 Å². The van der Waals surface area contributed by atoms with Crippen LogP contribution in [0.1, 0.15) is 37.7 Å².